The molecule has 2 rings (SSSR count). The third-order valence-corrected chi connectivity index (χ3v) is 2.52. The summed E-state index contributed by atoms with van der Waals surface area (Å²) in [5, 5.41) is 8.22. The van der Waals surface area contributed by atoms with Crippen LogP contribution >= 0.6 is 0 Å². The molecule has 0 aliphatic carbocycles. The van der Waals surface area contributed by atoms with Crippen molar-refractivity contribution in [2.24, 2.45) is 0 Å². The predicted octanol–water partition coefficient (Wildman–Crippen LogP) is 1.99. The molecule has 0 aliphatic heterocycles. The van der Waals surface area contributed by atoms with Gasteiger partial charge in [0.05, 0.1) is 5.52 Å². The molecule has 0 aliphatic rings. The summed E-state index contributed by atoms with van der Waals surface area (Å²) in [6.45, 7) is 0.903. The number of hydrogen-bond acceptors (Lipinski definition) is 6. The van der Waals surface area contributed by atoms with Crippen LogP contribution in [0.25, 0.3) is 11.0 Å². The summed E-state index contributed by atoms with van der Waals surface area (Å²) < 4.78 is 23.9. The van der Waals surface area contributed by atoms with Crippen LogP contribution in [0.4, 0.5) is 20.5 Å². The lowest BCUT2D eigenvalue weighted by Crippen LogP contribution is -2.08. The zero-order chi connectivity index (χ0) is 15.9. The lowest BCUT2D eigenvalue weighted by molar-refractivity contribution is 0.00952. The summed E-state index contributed by atoms with van der Waals surface area (Å²) in [6.07, 6.45) is 2.40. The van der Waals surface area contributed by atoms with E-state index < -0.39 is 5.92 Å². The standard InChI is InChI=1S/C7H7N5.C6H12F2O/c8-6-5-4(2-1-3-10-5)11-7(9)12-6;1-6(7,8)4-2-3-5-9/h1-3H,(H4,8,9,11,12);9H,2-5H2,1H3. The predicted molar refractivity (Wildman–Crippen MR) is 77.7 cm³/mol. The van der Waals surface area contributed by atoms with Crippen LogP contribution in [0.1, 0.15) is 26.2 Å². The zero-order valence-electron chi connectivity index (χ0n) is 11.8. The van der Waals surface area contributed by atoms with Crippen molar-refractivity contribution >= 4 is 22.8 Å². The highest BCUT2D eigenvalue weighted by atomic mass is 19.3. The van der Waals surface area contributed by atoms with Gasteiger partial charge in [-0.05, 0) is 31.9 Å². The number of pyridine rings is 1. The fourth-order valence-corrected chi connectivity index (χ4v) is 1.56. The highest BCUT2D eigenvalue weighted by Crippen LogP contribution is 2.19. The van der Waals surface area contributed by atoms with E-state index >= 15 is 0 Å². The van der Waals surface area contributed by atoms with Crippen molar-refractivity contribution in [2.75, 3.05) is 18.1 Å². The number of halogens is 2. The van der Waals surface area contributed by atoms with E-state index in [2.05, 4.69) is 15.0 Å². The minimum atomic E-state index is -2.56. The van der Waals surface area contributed by atoms with Crippen molar-refractivity contribution in [1.29, 1.82) is 0 Å². The molecule has 0 aromatic carbocycles. The van der Waals surface area contributed by atoms with Crippen LogP contribution in [0.3, 0.4) is 0 Å². The number of nitrogen functional groups attached to an aromatic ring is 2. The third kappa shape index (κ3) is 6.26. The van der Waals surface area contributed by atoms with E-state index in [1.807, 2.05) is 0 Å². The smallest absolute Gasteiger partial charge is 0.245 e. The molecule has 0 atom stereocenters. The summed E-state index contributed by atoms with van der Waals surface area (Å²) in [5.41, 5.74) is 12.2. The van der Waals surface area contributed by atoms with Gasteiger partial charge in [-0.25, -0.2) is 13.8 Å². The molecular weight excluding hydrogens is 280 g/mol. The molecule has 21 heavy (non-hydrogen) atoms. The molecule has 0 spiro atoms. The highest BCUT2D eigenvalue weighted by Gasteiger charge is 2.19. The number of rotatable bonds is 4. The first-order chi connectivity index (χ1) is 9.83. The molecule has 2 aromatic rings. The Hall–Kier alpha value is -2.09. The van der Waals surface area contributed by atoms with Gasteiger partial charge in [0.15, 0.2) is 5.82 Å². The van der Waals surface area contributed by atoms with Gasteiger partial charge >= 0.3 is 0 Å². The monoisotopic (exact) mass is 299 g/mol. The number of alkyl halides is 2. The van der Waals surface area contributed by atoms with E-state index in [4.69, 9.17) is 16.6 Å². The van der Waals surface area contributed by atoms with Gasteiger partial charge in [0, 0.05) is 19.2 Å². The Kier molecular flexibility index (Phi) is 6.16. The van der Waals surface area contributed by atoms with Gasteiger partial charge in [-0.15, -0.1) is 0 Å². The normalized spacial score (nSPS) is 11.0. The van der Waals surface area contributed by atoms with Crippen LogP contribution in [-0.2, 0) is 0 Å². The molecule has 116 valence electrons. The van der Waals surface area contributed by atoms with E-state index in [1.54, 1.807) is 18.3 Å². The quantitative estimate of drug-likeness (QED) is 0.744. The summed E-state index contributed by atoms with van der Waals surface area (Å²) in [4.78, 5) is 11.8. The van der Waals surface area contributed by atoms with Gasteiger partial charge in [-0.2, -0.15) is 4.98 Å². The lowest BCUT2D eigenvalue weighted by atomic mass is 10.2. The second-order valence-corrected chi connectivity index (χ2v) is 4.59. The second-order valence-electron chi connectivity index (χ2n) is 4.59. The molecule has 8 heteroatoms. The average molecular weight is 299 g/mol. The van der Waals surface area contributed by atoms with Crippen LogP contribution in [0.2, 0.25) is 0 Å². The van der Waals surface area contributed by atoms with E-state index in [1.165, 1.54) is 0 Å². The Morgan fingerprint density at radius 2 is 1.95 bits per heavy atom. The fourth-order valence-electron chi connectivity index (χ4n) is 1.56. The summed E-state index contributed by atoms with van der Waals surface area (Å²) >= 11 is 0. The number of nitrogens with two attached hydrogens (primary N) is 2. The first kappa shape index (κ1) is 17.0. The molecule has 0 saturated heterocycles. The summed E-state index contributed by atoms with van der Waals surface area (Å²) in [5.74, 6) is -2.07. The van der Waals surface area contributed by atoms with Crippen molar-refractivity contribution in [1.82, 2.24) is 15.0 Å². The van der Waals surface area contributed by atoms with Gasteiger partial charge in [0.1, 0.15) is 5.52 Å². The van der Waals surface area contributed by atoms with Crippen molar-refractivity contribution in [3.63, 3.8) is 0 Å². The maximum absolute atomic E-state index is 12.0. The molecule has 2 heterocycles. The lowest BCUT2D eigenvalue weighted by Gasteiger charge is -2.07. The van der Waals surface area contributed by atoms with Crippen molar-refractivity contribution < 1.29 is 13.9 Å². The van der Waals surface area contributed by atoms with Crippen LogP contribution in [-0.4, -0.2) is 32.6 Å². The maximum Gasteiger partial charge on any atom is 0.245 e. The molecule has 6 nitrogen and oxygen atoms in total. The minimum absolute atomic E-state index is 0.0100. The van der Waals surface area contributed by atoms with Gasteiger partial charge in [0.25, 0.3) is 0 Å². The molecule has 0 amide bonds. The Labute approximate surface area is 121 Å². The van der Waals surface area contributed by atoms with E-state index in [-0.39, 0.29) is 19.0 Å². The van der Waals surface area contributed by atoms with Gasteiger partial charge in [0.2, 0.25) is 11.9 Å². The largest absolute Gasteiger partial charge is 0.396 e. The Bertz CT molecular complexity index is 574. The number of anilines is 2. The topological polar surface area (TPSA) is 111 Å². The number of nitrogens with zero attached hydrogens (tertiary/aromatic N) is 3. The minimum Gasteiger partial charge on any atom is -0.396 e. The Morgan fingerprint density at radius 3 is 2.57 bits per heavy atom. The maximum atomic E-state index is 12.0. The van der Waals surface area contributed by atoms with Crippen LogP contribution < -0.4 is 11.5 Å². The van der Waals surface area contributed by atoms with Crippen molar-refractivity contribution in [2.45, 2.75) is 32.1 Å². The Morgan fingerprint density at radius 1 is 1.24 bits per heavy atom. The van der Waals surface area contributed by atoms with E-state index in [0.29, 0.717) is 29.7 Å². The van der Waals surface area contributed by atoms with Crippen molar-refractivity contribution in [3.05, 3.63) is 18.3 Å². The number of hydrogen-bond donors (Lipinski definition) is 3. The van der Waals surface area contributed by atoms with E-state index in [9.17, 15) is 8.78 Å². The van der Waals surface area contributed by atoms with Crippen LogP contribution in [0, 0.1) is 0 Å². The molecule has 0 fully saturated rings. The first-order valence-corrected chi connectivity index (χ1v) is 6.46. The highest BCUT2D eigenvalue weighted by molar-refractivity contribution is 5.84. The van der Waals surface area contributed by atoms with Gasteiger partial charge in [-0.1, -0.05) is 0 Å². The number of fused-ring (bicyclic) bond motifs is 1. The number of unbranched alkanes of at least 4 members (excludes halogenated alkanes) is 1. The molecule has 0 saturated carbocycles. The third-order valence-electron chi connectivity index (χ3n) is 2.52. The number of aliphatic hydroxyl groups is 1. The number of aliphatic hydroxyl groups excluding tert-OH is 1. The van der Waals surface area contributed by atoms with Crippen molar-refractivity contribution in [3.8, 4) is 0 Å². The van der Waals surface area contributed by atoms with E-state index in [0.717, 1.165) is 6.92 Å². The Balaban J connectivity index is 0.000000222. The first-order valence-electron chi connectivity index (χ1n) is 6.46. The summed E-state index contributed by atoms with van der Waals surface area (Å²) in [6, 6.07) is 3.56. The zero-order valence-corrected chi connectivity index (χ0v) is 11.8. The number of aromatic nitrogens is 3. The van der Waals surface area contributed by atoms with Gasteiger partial charge in [-0.3, -0.25) is 4.98 Å². The second kappa shape index (κ2) is 7.63. The molecule has 0 radical (unpaired) electrons. The average Bonchev–Trinajstić information content (AvgIpc) is 2.38. The molecule has 2 aromatic heterocycles. The van der Waals surface area contributed by atoms with Gasteiger partial charge < -0.3 is 16.6 Å². The molecular formula is C13H19F2N5O. The van der Waals surface area contributed by atoms with Crippen LogP contribution in [0.5, 0.6) is 0 Å². The molecule has 0 bridgehead atoms. The SMILES string of the molecule is CC(F)(F)CCCCO.Nc1nc(N)c2ncccc2n1. The van der Waals surface area contributed by atoms with Crippen LogP contribution in [0.15, 0.2) is 18.3 Å². The molecule has 5 N–H and O–H groups in total. The summed E-state index contributed by atoms with van der Waals surface area (Å²) in [7, 11) is 0. The molecule has 0 unspecified atom stereocenters. The fraction of sp³-hybridized carbons (Fsp3) is 0.462.